The minimum Gasteiger partial charge on any atom is -0.321 e. The number of aromatic nitrogens is 2. The molecule has 0 bridgehead atoms. The van der Waals surface area contributed by atoms with E-state index in [-0.39, 0.29) is 0 Å². The fraction of sp³-hybridized carbons (Fsp3) is 0.286. The Labute approximate surface area is 102 Å². The maximum atomic E-state index is 6.08. The van der Waals surface area contributed by atoms with E-state index >= 15 is 0 Å². The molecule has 0 fully saturated rings. The molecule has 0 aliphatic heterocycles. The van der Waals surface area contributed by atoms with Crippen LogP contribution in [0.1, 0.15) is 25.4 Å². The van der Waals surface area contributed by atoms with Crippen LogP contribution in [-0.4, -0.2) is 9.97 Å². The van der Waals surface area contributed by atoms with Crippen molar-refractivity contribution in [2.24, 2.45) is 5.73 Å². The first-order chi connectivity index (χ1) is 7.97. The lowest BCUT2D eigenvalue weighted by molar-refractivity contribution is 0.532. The molecule has 2 aromatic rings. The van der Waals surface area contributed by atoms with Crippen LogP contribution in [0, 0.1) is 6.92 Å². The predicted molar refractivity (Wildman–Crippen MR) is 69.4 cm³/mol. The molecule has 0 radical (unpaired) electrons. The standard InChI is InChI=1S/C14H17N3/c1-10-16-12(11-7-5-4-6-8-11)9-13(17-10)14(2,3)15/h4-9H,15H2,1-3H3. The highest BCUT2D eigenvalue weighted by Gasteiger charge is 2.17. The average Bonchev–Trinajstić information content (AvgIpc) is 2.28. The third-order valence-electron chi connectivity index (χ3n) is 2.57. The summed E-state index contributed by atoms with van der Waals surface area (Å²) in [7, 11) is 0. The van der Waals surface area contributed by atoms with Crippen LogP contribution in [0.25, 0.3) is 11.3 Å². The lowest BCUT2D eigenvalue weighted by Crippen LogP contribution is -2.30. The van der Waals surface area contributed by atoms with E-state index in [2.05, 4.69) is 9.97 Å². The van der Waals surface area contributed by atoms with Crippen molar-refractivity contribution in [3.8, 4) is 11.3 Å². The van der Waals surface area contributed by atoms with Crippen molar-refractivity contribution in [1.82, 2.24) is 9.97 Å². The minimum absolute atomic E-state index is 0.447. The highest BCUT2D eigenvalue weighted by molar-refractivity contribution is 5.59. The van der Waals surface area contributed by atoms with Gasteiger partial charge in [-0.3, -0.25) is 0 Å². The summed E-state index contributed by atoms with van der Waals surface area (Å²) in [5, 5.41) is 0. The predicted octanol–water partition coefficient (Wildman–Crippen LogP) is 2.65. The van der Waals surface area contributed by atoms with Crippen LogP contribution >= 0.6 is 0 Å². The lowest BCUT2D eigenvalue weighted by Gasteiger charge is -2.19. The van der Waals surface area contributed by atoms with Crippen LogP contribution in [-0.2, 0) is 5.54 Å². The molecule has 3 nitrogen and oxygen atoms in total. The molecule has 2 N–H and O–H groups in total. The van der Waals surface area contributed by atoms with Crippen molar-refractivity contribution in [3.05, 3.63) is 47.9 Å². The molecule has 0 spiro atoms. The minimum atomic E-state index is -0.447. The van der Waals surface area contributed by atoms with E-state index in [1.807, 2.05) is 57.2 Å². The third kappa shape index (κ3) is 2.68. The Morgan fingerprint density at radius 2 is 1.71 bits per heavy atom. The highest BCUT2D eigenvalue weighted by Crippen LogP contribution is 2.21. The van der Waals surface area contributed by atoms with E-state index in [0.717, 1.165) is 22.8 Å². The summed E-state index contributed by atoms with van der Waals surface area (Å²) in [4.78, 5) is 8.85. The second-order valence-electron chi connectivity index (χ2n) is 4.77. The van der Waals surface area contributed by atoms with Crippen molar-refractivity contribution in [3.63, 3.8) is 0 Å². The molecule has 2 rings (SSSR count). The van der Waals surface area contributed by atoms with Gasteiger partial charge in [-0.25, -0.2) is 9.97 Å². The summed E-state index contributed by atoms with van der Waals surface area (Å²) in [5.74, 6) is 0.750. The van der Waals surface area contributed by atoms with Gasteiger partial charge in [0, 0.05) is 5.56 Å². The van der Waals surface area contributed by atoms with E-state index in [1.165, 1.54) is 0 Å². The number of rotatable bonds is 2. The zero-order valence-corrected chi connectivity index (χ0v) is 10.4. The summed E-state index contributed by atoms with van der Waals surface area (Å²) in [6, 6.07) is 12.0. The second-order valence-corrected chi connectivity index (χ2v) is 4.77. The molecular formula is C14H17N3. The number of nitrogens with two attached hydrogens (primary N) is 1. The lowest BCUT2D eigenvalue weighted by atomic mass is 10.00. The van der Waals surface area contributed by atoms with E-state index in [9.17, 15) is 0 Å². The van der Waals surface area contributed by atoms with E-state index in [4.69, 9.17) is 5.73 Å². The molecule has 1 heterocycles. The summed E-state index contributed by atoms with van der Waals surface area (Å²) in [5.41, 5.74) is 8.51. The molecule has 0 unspecified atom stereocenters. The van der Waals surface area contributed by atoms with Gasteiger partial charge in [-0.2, -0.15) is 0 Å². The summed E-state index contributed by atoms with van der Waals surface area (Å²) in [6.07, 6.45) is 0. The van der Waals surface area contributed by atoms with Gasteiger partial charge in [-0.15, -0.1) is 0 Å². The Morgan fingerprint density at radius 1 is 1.06 bits per heavy atom. The molecule has 0 saturated carbocycles. The van der Waals surface area contributed by atoms with Crippen molar-refractivity contribution >= 4 is 0 Å². The first-order valence-electron chi connectivity index (χ1n) is 5.67. The van der Waals surface area contributed by atoms with Gasteiger partial charge in [-0.05, 0) is 26.8 Å². The van der Waals surface area contributed by atoms with Crippen LogP contribution in [0.4, 0.5) is 0 Å². The van der Waals surface area contributed by atoms with Crippen molar-refractivity contribution in [2.45, 2.75) is 26.3 Å². The van der Waals surface area contributed by atoms with Crippen LogP contribution in [0.2, 0.25) is 0 Å². The van der Waals surface area contributed by atoms with Crippen molar-refractivity contribution in [2.75, 3.05) is 0 Å². The van der Waals surface area contributed by atoms with Gasteiger partial charge < -0.3 is 5.73 Å². The molecule has 0 amide bonds. The first kappa shape index (κ1) is 11.7. The summed E-state index contributed by atoms with van der Waals surface area (Å²) in [6.45, 7) is 5.79. The molecule has 17 heavy (non-hydrogen) atoms. The first-order valence-corrected chi connectivity index (χ1v) is 5.67. The SMILES string of the molecule is Cc1nc(-c2ccccc2)cc(C(C)(C)N)n1. The van der Waals surface area contributed by atoms with Crippen molar-refractivity contribution in [1.29, 1.82) is 0 Å². The molecule has 1 aromatic heterocycles. The van der Waals surface area contributed by atoms with Crippen LogP contribution in [0.3, 0.4) is 0 Å². The van der Waals surface area contributed by atoms with Gasteiger partial charge in [0.2, 0.25) is 0 Å². The molecule has 0 saturated heterocycles. The number of benzene rings is 1. The molecule has 0 aliphatic rings. The normalized spacial score (nSPS) is 11.5. The van der Waals surface area contributed by atoms with Crippen LogP contribution in [0.15, 0.2) is 36.4 Å². The highest BCUT2D eigenvalue weighted by atomic mass is 14.9. The van der Waals surface area contributed by atoms with Crippen LogP contribution < -0.4 is 5.73 Å². The summed E-state index contributed by atoms with van der Waals surface area (Å²) < 4.78 is 0. The van der Waals surface area contributed by atoms with Gasteiger partial charge in [0.1, 0.15) is 5.82 Å². The maximum absolute atomic E-state index is 6.08. The average molecular weight is 227 g/mol. The number of nitrogens with zero attached hydrogens (tertiary/aromatic N) is 2. The smallest absolute Gasteiger partial charge is 0.126 e. The topological polar surface area (TPSA) is 51.8 Å². The number of aryl methyl sites for hydroxylation is 1. The summed E-state index contributed by atoms with van der Waals surface area (Å²) >= 11 is 0. The van der Waals surface area contributed by atoms with E-state index in [1.54, 1.807) is 0 Å². The second kappa shape index (κ2) is 4.26. The fourth-order valence-corrected chi connectivity index (χ4v) is 1.65. The van der Waals surface area contributed by atoms with Gasteiger partial charge in [-0.1, -0.05) is 30.3 Å². The zero-order chi connectivity index (χ0) is 12.5. The molecule has 88 valence electrons. The van der Waals surface area contributed by atoms with E-state index < -0.39 is 5.54 Å². The number of hydrogen-bond donors (Lipinski definition) is 1. The maximum Gasteiger partial charge on any atom is 0.126 e. The quantitative estimate of drug-likeness (QED) is 0.858. The largest absolute Gasteiger partial charge is 0.321 e. The molecule has 0 aliphatic carbocycles. The Kier molecular flexibility index (Phi) is 2.94. The Balaban J connectivity index is 2.54. The van der Waals surface area contributed by atoms with Gasteiger partial charge in [0.15, 0.2) is 0 Å². The number of hydrogen-bond acceptors (Lipinski definition) is 3. The van der Waals surface area contributed by atoms with Crippen molar-refractivity contribution < 1.29 is 0 Å². The third-order valence-corrected chi connectivity index (χ3v) is 2.57. The Hall–Kier alpha value is -1.74. The zero-order valence-electron chi connectivity index (χ0n) is 10.4. The molecular weight excluding hydrogens is 210 g/mol. The van der Waals surface area contributed by atoms with Gasteiger partial charge in [0.25, 0.3) is 0 Å². The fourth-order valence-electron chi connectivity index (χ4n) is 1.65. The Bertz CT molecular complexity index is 513. The molecule has 3 heteroatoms. The molecule has 0 atom stereocenters. The monoisotopic (exact) mass is 227 g/mol. The molecule has 1 aromatic carbocycles. The van der Waals surface area contributed by atoms with Gasteiger partial charge >= 0.3 is 0 Å². The van der Waals surface area contributed by atoms with Gasteiger partial charge in [0.05, 0.1) is 16.9 Å². The van der Waals surface area contributed by atoms with E-state index in [0.29, 0.717) is 0 Å². The van der Waals surface area contributed by atoms with Crippen LogP contribution in [0.5, 0.6) is 0 Å². The Morgan fingerprint density at radius 3 is 2.29 bits per heavy atom.